The lowest BCUT2D eigenvalue weighted by atomic mass is 10.2. The number of alkyl halides is 3. The van der Waals surface area contributed by atoms with Gasteiger partial charge in [-0.25, -0.2) is 0 Å². The van der Waals surface area contributed by atoms with Crippen LogP contribution in [-0.2, 0) is 4.79 Å². The number of amides is 1. The Balaban J connectivity index is 3.56. The summed E-state index contributed by atoms with van der Waals surface area (Å²) in [6.07, 6.45) is -1.85. The van der Waals surface area contributed by atoms with Gasteiger partial charge in [0, 0.05) is 13.0 Å². The molecule has 0 rings (SSSR count). The number of rotatable bonds is 9. The van der Waals surface area contributed by atoms with Crippen LogP contribution in [0.1, 0.15) is 46.0 Å². The van der Waals surface area contributed by atoms with Gasteiger partial charge >= 0.3 is 6.18 Å². The summed E-state index contributed by atoms with van der Waals surface area (Å²) in [6, 6.07) is -0.445. The van der Waals surface area contributed by atoms with E-state index in [4.69, 9.17) is 0 Å². The van der Waals surface area contributed by atoms with Crippen LogP contribution < -0.4 is 10.6 Å². The van der Waals surface area contributed by atoms with Crippen molar-refractivity contribution in [1.29, 1.82) is 0 Å². The molecule has 0 aromatic carbocycles. The molecule has 0 radical (unpaired) electrons. The van der Waals surface area contributed by atoms with E-state index in [1.165, 1.54) is 0 Å². The molecule has 0 saturated carbocycles. The molecule has 1 unspecified atom stereocenters. The Kier molecular flexibility index (Phi) is 8.79. The van der Waals surface area contributed by atoms with E-state index >= 15 is 0 Å². The van der Waals surface area contributed by atoms with Gasteiger partial charge in [0.1, 0.15) is 0 Å². The molecule has 0 bridgehead atoms. The average Bonchev–Trinajstić information content (AvgIpc) is 2.28. The highest BCUT2D eigenvalue weighted by molar-refractivity contribution is 5.81. The minimum absolute atomic E-state index is 0.00302. The zero-order chi connectivity index (χ0) is 14.0. The lowest BCUT2D eigenvalue weighted by Crippen LogP contribution is -2.42. The topological polar surface area (TPSA) is 41.1 Å². The van der Waals surface area contributed by atoms with Crippen molar-refractivity contribution in [3.8, 4) is 0 Å². The van der Waals surface area contributed by atoms with E-state index in [1.807, 2.05) is 0 Å². The molecule has 1 amide bonds. The lowest BCUT2D eigenvalue weighted by molar-refractivity contribution is -0.135. The molecule has 1 atom stereocenters. The van der Waals surface area contributed by atoms with Gasteiger partial charge < -0.3 is 10.6 Å². The maximum atomic E-state index is 11.9. The van der Waals surface area contributed by atoms with Crippen LogP contribution in [0.3, 0.4) is 0 Å². The molecule has 0 aliphatic heterocycles. The van der Waals surface area contributed by atoms with Crippen LogP contribution in [0.25, 0.3) is 0 Å². The highest BCUT2D eigenvalue weighted by atomic mass is 19.4. The van der Waals surface area contributed by atoms with Crippen LogP contribution in [0.5, 0.6) is 0 Å². The normalized spacial score (nSPS) is 13.4. The summed E-state index contributed by atoms with van der Waals surface area (Å²) in [5.41, 5.74) is 0. The maximum absolute atomic E-state index is 11.9. The number of halogens is 3. The first kappa shape index (κ1) is 17.2. The van der Waals surface area contributed by atoms with Gasteiger partial charge in [0.25, 0.3) is 0 Å². The van der Waals surface area contributed by atoms with Crippen molar-refractivity contribution in [2.45, 2.75) is 58.2 Å². The van der Waals surface area contributed by atoms with E-state index < -0.39 is 18.6 Å². The van der Waals surface area contributed by atoms with E-state index in [0.717, 1.165) is 19.3 Å². The standard InChI is InChI=1S/C12H23F3N2O/c1-3-4-5-8-17-11(18)10(2)16-9-6-7-12(13,14)15/h10,16H,3-9H2,1-2H3,(H,17,18). The Morgan fingerprint density at radius 2 is 1.83 bits per heavy atom. The Morgan fingerprint density at radius 1 is 1.17 bits per heavy atom. The summed E-state index contributed by atoms with van der Waals surface area (Å²) in [6.45, 7) is 4.56. The summed E-state index contributed by atoms with van der Waals surface area (Å²) in [4.78, 5) is 11.5. The van der Waals surface area contributed by atoms with E-state index in [9.17, 15) is 18.0 Å². The molecular weight excluding hydrogens is 245 g/mol. The van der Waals surface area contributed by atoms with E-state index in [2.05, 4.69) is 17.6 Å². The Hall–Kier alpha value is -0.780. The molecule has 2 N–H and O–H groups in total. The molecule has 108 valence electrons. The fourth-order valence-corrected chi connectivity index (χ4v) is 1.44. The number of carbonyl (C=O) groups is 1. The first-order valence-corrected chi connectivity index (χ1v) is 6.44. The molecule has 0 spiro atoms. The maximum Gasteiger partial charge on any atom is 0.389 e. The second-order valence-electron chi connectivity index (χ2n) is 4.39. The Morgan fingerprint density at radius 3 is 2.39 bits per heavy atom. The minimum atomic E-state index is -4.12. The fourth-order valence-electron chi connectivity index (χ4n) is 1.44. The quantitative estimate of drug-likeness (QED) is 0.631. The van der Waals surface area contributed by atoms with E-state index in [0.29, 0.717) is 6.54 Å². The van der Waals surface area contributed by atoms with Crippen LogP contribution >= 0.6 is 0 Å². The molecule has 0 fully saturated rings. The first-order chi connectivity index (χ1) is 8.37. The third-order valence-corrected chi connectivity index (χ3v) is 2.56. The SMILES string of the molecule is CCCCCNC(=O)C(C)NCCCC(F)(F)F. The third-order valence-electron chi connectivity index (χ3n) is 2.56. The van der Waals surface area contributed by atoms with Crippen molar-refractivity contribution < 1.29 is 18.0 Å². The Labute approximate surface area is 107 Å². The number of hydrogen-bond acceptors (Lipinski definition) is 2. The van der Waals surface area contributed by atoms with Gasteiger partial charge in [-0.2, -0.15) is 13.2 Å². The van der Waals surface area contributed by atoms with Crippen LogP contribution in [0.15, 0.2) is 0 Å². The highest BCUT2D eigenvalue weighted by Crippen LogP contribution is 2.20. The predicted octanol–water partition coefficient (Wildman–Crippen LogP) is 2.61. The summed E-state index contributed by atoms with van der Waals surface area (Å²) in [5.74, 6) is -0.155. The van der Waals surface area contributed by atoms with Crippen LogP contribution in [0, 0.1) is 0 Å². The van der Waals surface area contributed by atoms with E-state index in [-0.39, 0.29) is 18.9 Å². The minimum Gasteiger partial charge on any atom is -0.355 e. The first-order valence-electron chi connectivity index (χ1n) is 6.44. The molecule has 3 nitrogen and oxygen atoms in total. The third kappa shape index (κ3) is 10.4. The van der Waals surface area contributed by atoms with Gasteiger partial charge in [0.05, 0.1) is 6.04 Å². The molecule has 0 aliphatic rings. The molecule has 0 saturated heterocycles. The molecular formula is C12H23F3N2O. The van der Waals surface area contributed by atoms with Crippen molar-refractivity contribution in [3.63, 3.8) is 0 Å². The van der Waals surface area contributed by atoms with Crippen molar-refractivity contribution in [1.82, 2.24) is 10.6 Å². The van der Waals surface area contributed by atoms with Crippen LogP contribution in [0.4, 0.5) is 13.2 Å². The van der Waals surface area contributed by atoms with Gasteiger partial charge in [-0.15, -0.1) is 0 Å². The monoisotopic (exact) mass is 268 g/mol. The number of unbranched alkanes of at least 4 members (excludes halogenated alkanes) is 2. The average molecular weight is 268 g/mol. The van der Waals surface area contributed by atoms with Crippen molar-refractivity contribution in [2.75, 3.05) is 13.1 Å². The van der Waals surface area contributed by atoms with Crippen molar-refractivity contribution in [3.05, 3.63) is 0 Å². The molecule has 0 aliphatic carbocycles. The van der Waals surface area contributed by atoms with Gasteiger partial charge in [0.15, 0.2) is 0 Å². The summed E-state index contributed by atoms with van der Waals surface area (Å²) in [5, 5.41) is 5.53. The van der Waals surface area contributed by atoms with Crippen molar-refractivity contribution >= 4 is 5.91 Å². The van der Waals surface area contributed by atoms with Crippen molar-refractivity contribution in [2.24, 2.45) is 0 Å². The molecule has 0 aromatic rings. The fraction of sp³-hybridized carbons (Fsp3) is 0.917. The zero-order valence-electron chi connectivity index (χ0n) is 11.1. The van der Waals surface area contributed by atoms with Gasteiger partial charge in [-0.1, -0.05) is 19.8 Å². The summed E-state index contributed by atoms with van der Waals surface area (Å²) >= 11 is 0. The largest absolute Gasteiger partial charge is 0.389 e. The number of nitrogens with one attached hydrogen (secondary N) is 2. The summed E-state index contributed by atoms with van der Waals surface area (Å²) < 4.78 is 35.6. The second-order valence-corrected chi connectivity index (χ2v) is 4.39. The number of carbonyl (C=O) groups excluding carboxylic acids is 1. The zero-order valence-corrected chi connectivity index (χ0v) is 11.1. The van der Waals surface area contributed by atoms with Crippen LogP contribution in [-0.4, -0.2) is 31.2 Å². The lowest BCUT2D eigenvalue weighted by Gasteiger charge is -2.14. The summed E-state index contributed by atoms with van der Waals surface area (Å²) in [7, 11) is 0. The molecule has 18 heavy (non-hydrogen) atoms. The van der Waals surface area contributed by atoms with Gasteiger partial charge in [0.2, 0.25) is 5.91 Å². The van der Waals surface area contributed by atoms with E-state index in [1.54, 1.807) is 6.92 Å². The predicted molar refractivity (Wildman–Crippen MR) is 65.3 cm³/mol. The number of hydrogen-bond donors (Lipinski definition) is 2. The van der Waals surface area contributed by atoms with Gasteiger partial charge in [-0.3, -0.25) is 4.79 Å². The molecule has 0 aromatic heterocycles. The van der Waals surface area contributed by atoms with Gasteiger partial charge in [-0.05, 0) is 26.3 Å². The second kappa shape index (κ2) is 9.19. The highest BCUT2D eigenvalue weighted by Gasteiger charge is 2.26. The smallest absolute Gasteiger partial charge is 0.355 e. The Bertz CT molecular complexity index is 232. The molecule has 6 heteroatoms. The molecule has 0 heterocycles. The van der Waals surface area contributed by atoms with Crippen LogP contribution in [0.2, 0.25) is 0 Å².